The number of piperidine rings is 1. The van der Waals surface area contributed by atoms with Crippen LogP contribution in [0.3, 0.4) is 0 Å². The van der Waals surface area contributed by atoms with Gasteiger partial charge in [-0.15, -0.1) is 0 Å². The molecule has 0 radical (unpaired) electrons. The maximum absolute atomic E-state index is 14.6. The van der Waals surface area contributed by atoms with Crippen molar-refractivity contribution in [2.24, 2.45) is 35.5 Å². The van der Waals surface area contributed by atoms with Gasteiger partial charge in [0.25, 0.3) is 11.7 Å². The summed E-state index contributed by atoms with van der Waals surface area (Å²) in [5.74, 6) is -8.06. The number of aliphatic hydroxyl groups is 2. The third-order valence-electron chi connectivity index (χ3n) is 15.8. The van der Waals surface area contributed by atoms with Crippen LogP contribution in [0.4, 0.5) is 0 Å². The Hall–Kier alpha value is -3.49. The SMILES string of the molecule is COCCOCCOC1C[C@@H]2CC[C@@H](C)[C@@](O)(O2)C(=O)C(=O)N2CCCC[C@H]2C(=O)O[C@H]([C@H](C)C[C@@H]2CC[C@@H](OCCOC)[C@H](OC)C2)CC(=O)[C@H](C)/C=C(\C)[C@@H](O)[C@@H](OC)C(=O)[C@H](C)C[C@H](C)/C=C/C=C/C=C/1C. The topological polar surface area (TPSA) is 212 Å². The molecule has 15 atom stereocenters. The van der Waals surface area contributed by atoms with E-state index in [4.69, 9.17) is 42.6 Å². The monoisotopic (exact) mass is 1060 g/mol. The quantitative estimate of drug-likeness (QED) is 0.0698. The minimum Gasteiger partial charge on any atom is -0.460 e. The van der Waals surface area contributed by atoms with Gasteiger partial charge in [-0.2, -0.15) is 0 Å². The first kappa shape index (κ1) is 64.0. The highest BCUT2D eigenvalue weighted by atomic mass is 16.6. The van der Waals surface area contributed by atoms with E-state index in [-0.39, 0.29) is 73.9 Å². The van der Waals surface area contributed by atoms with Gasteiger partial charge >= 0.3 is 5.97 Å². The van der Waals surface area contributed by atoms with E-state index in [2.05, 4.69) is 0 Å². The number of allylic oxidation sites excluding steroid dienone is 6. The third-order valence-corrected chi connectivity index (χ3v) is 15.8. The largest absolute Gasteiger partial charge is 0.460 e. The first-order valence-corrected chi connectivity index (χ1v) is 27.5. The highest BCUT2D eigenvalue weighted by Crippen LogP contribution is 2.38. The van der Waals surface area contributed by atoms with Gasteiger partial charge in [-0.05, 0) is 107 Å². The van der Waals surface area contributed by atoms with E-state index in [9.17, 15) is 34.2 Å². The zero-order valence-electron chi connectivity index (χ0n) is 47.0. The fourth-order valence-electron chi connectivity index (χ4n) is 11.0. The molecule has 2 saturated heterocycles. The fraction of sp³-hybridized carbons (Fsp3) is 0.776. The molecule has 3 heterocycles. The van der Waals surface area contributed by atoms with Crippen molar-refractivity contribution in [2.45, 2.75) is 180 Å². The van der Waals surface area contributed by atoms with Gasteiger partial charge in [0.05, 0.1) is 64.1 Å². The molecule has 17 heteroatoms. The first-order valence-electron chi connectivity index (χ1n) is 27.5. The third kappa shape index (κ3) is 19.1. The summed E-state index contributed by atoms with van der Waals surface area (Å²) in [6.45, 7) is 15.1. The van der Waals surface area contributed by atoms with Crippen LogP contribution in [0.25, 0.3) is 0 Å². The number of methoxy groups -OCH3 is 4. The Kier molecular flexibility index (Phi) is 27.7. The molecule has 426 valence electrons. The van der Waals surface area contributed by atoms with Crippen LogP contribution in [0.2, 0.25) is 0 Å². The minimum atomic E-state index is -2.47. The number of hydrogen-bond donors (Lipinski definition) is 2. The van der Waals surface area contributed by atoms with Gasteiger partial charge in [0.15, 0.2) is 5.78 Å². The summed E-state index contributed by atoms with van der Waals surface area (Å²) in [6, 6.07) is -1.16. The van der Waals surface area contributed by atoms with E-state index in [0.717, 1.165) is 18.4 Å². The number of ether oxygens (including phenoxy) is 9. The molecule has 0 aromatic carbocycles. The summed E-state index contributed by atoms with van der Waals surface area (Å²) in [4.78, 5) is 72.9. The zero-order valence-corrected chi connectivity index (χ0v) is 47.0. The van der Waals surface area contributed by atoms with Crippen molar-refractivity contribution >= 4 is 29.2 Å². The van der Waals surface area contributed by atoms with Crippen molar-refractivity contribution in [2.75, 3.05) is 74.6 Å². The van der Waals surface area contributed by atoms with Gasteiger partial charge in [0, 0.05) is 65.6 Å². The second-order valence-electron chi connectivity index (χ2n) is 21.7. The number of carbonyl (C=O) groups is 5. The van der Waals surface area contributed by atoms with Crippen molar-refractivity contribution in [1.29, 1.82) is 0 Å². The van der Waals surface area contributed by atoms with Crippen molar-refractivity contribution in [3.05, 3.63) is 47.6 Å². The van der Waals surface area contributed by atoms with Crippen molar-refractivity contribution in [3.63, 3.8) is 0 Å². The lowest BCUT2D eigenvalue weighted by atomic mass is 9.78. The van der Waals surface area contributed by atoms with Gasteiger partial charge in [0.2, 0.25) is 5.79 Å². The van der Waals surface area contributed by atoms with Crippen LogP contribution in [0.15, 0.2) is 47.6 Å². The molecule has 75 heavy (non-hydrogen) atoms. The van der Waals surface area contributed by atoms with Crippen molar-refractivity contribution in [3.8, 4) is 0 Å². The Balaban J connectivity index is 1.70. The molecule has 1 unspecified atom stereocenters. The highest BCUT2D eigenvalue weighted by molar-refractivity contribution is 6.39. The Labute approximate surface area is 447 Å². The minimum absolute atomic E-state index is 0.00579. The van der Waals surface area contributed by atoms with E-state index in [0.29, 0.717) is 83.6 Å². The molecule has 3 fully saturated rings. The van der Waals surface area contributed by atoms with Crippen LogP contribution in [0.1, 0.15) is 126 Å². The number of fused-ring (bicyclic) bond motifs is 3. The molecule has 2 N–H and O–H groups in total. The first-order chi connectivity index (χ1) is 35.8. The molecule has 3 aliphatic heterocycles. The Morgan fingerprint density at radius 2 is 1.48 bits per heavy atom. The van der Waals surface area contributed by atoms with Gasteiger partial charge in [0.1, 0.15) is 30.1 Å². The van der Waals surface area contributed by atoms with Crippen LogP contribution in [-0.4, -0.2) is 174 Å². The second kappa shape index (κ2) is 32.4. The van der Waals surface area contributed by atoms with E-state index < -0.39 is 77.8 Å². The number of Topliss-reactive ketones (excluding diaryl/α,β-unsaturated/α-hetero) is 3. The second-order valence-corrected chi connectivity index (χ2v) is 21.7. The standard InChI is InChI=1S/C58H93NO16/c1-37-17-13-12-14-18-38(2)49(73-30-28-71-27-25-67-8)35-45-22-20-43(7)58(66,75-45)55(63)56(64)59-24-16-15-19-46(59)57(65)74-50(40(4)33-44-21-23-48(51(34-44)69-10)72-29-26-68-9)36-47(60)39(3)32-42(6)53(62)54(70-11)52(61)41(5)31-37/h12-14,17-18,32,37,39-41,43-46,48-51,53-54,62,66H,15-16,19-31,33-36H2,1-11H3/b14-12+,17-13+,38-18+,42-32+/t37-,39-,40-,41-,43-,44+,45+,46+,48-,49?,50+,51-,53-,54+,58-/m1/s1. The lowest BCUT2D eigenvalue weighted by Crippen LogP contribution is -2.61. The number of hydrogen-bond acceptors (Lipinski definition) is 16. The fourth-order valence-corrected chi connectivity index (χ4v) is 11.0. The van der Waals surface area contributed by atoms with E-state index in [1.54, 1.807) is 48.2 Å². The van der Waals surface area contributed by atoms with Crippen LogP contribution >= 0.6 is 0 Å². The Morgan fingerprint density at radius 3 is 2.19 bits per heavy atom. The van der Waals surface area contributed by atoms with Crippen LogP contribution < -0.4 is 0 Å². The lowest BCUT2D eigenvalue weighted by Gasteiger charge is -2.43. The van der Waals surface area contributed by atoms with Gasteiger partial charge < -0.3 is 57.7 Å². The number of ketones is 3. The predicted molar refractivity (Wildman–Crippen MR) is 282 cm³/mol. The molecular weight excluding hydrogens is 967 g/mol. The number of aliphatic hydroxyl groups excluding tert-OH is 1. The summed E-state index contributed by atoms with van der Waals surface area (Å²) >= 11 is 0. The number of cyclic esters (lactones) is 1. The summed E-state index contributed by atoms with van der Waals surface area (Å²) in [7, 11) is 6.27. The summed E-state index contributed by atoms with van der Waals surface area (Å²) in [5, 5.41) is 23.7. The van der Waals surface area contributed by atoms with Crippen LogP contribution in [0, 0.1) is 35.5 Å². The van der Waals surface area contributed by atoms with E-state index in [1.165, 1.54) is 12.0 Å². The lowest BCUT2D eigenvalue weighted by molar-refractivity contribution is -0.266. The summed E-state index contributed by atoms with van der Waals surface area (Å²) in [6.07, 6.45) is 12.0. The van der Waals surface area contributed by atoms with E-state index >= 15 is 0 Å². The average Bonchev–Trinajstić information content (AvgIpc) is 3.39. The van der Waals surface area contributed by atoms with Crippen LogP contribution in [0.5, 0.6) is 0 Å². The molecule has 2 bridgehead atoms. The van der Waals surface area contributed by atoms with Gasteiger partial charge in [-0.3, -0.25) is 19.2 Å². The highest BCUT2D eigenvalue weighted by Gasteiger charge is 2.53. The number of esters is 1. The number of nitrogens with zero attached hydrogens (tertiary/aromatic N) is 1. The zero-order chi connectivity index (χ0) is 55.2. The van der Waals surface area contributed by atoms with Crippen molar-refractivity contribution < 1.29 is 76.8 Å². The van der Waals surface area contributed by atoms with Crippen LogP contribution in [-0.2, 0) is 66.6 Å². The molecule has 0 aromatic rings. The normalized spacial score (nSPS) is 36.6. The molecule has 4 aliphatic rings. The van der Waals surface area contributed by atoms with Gasteiger partial charge in [-0.25, -0.2) is 4.79 Å². The molecule has 0 spiro atoms. The number of carbonyl (C=O) groups excluding carboxylic acids is 5. The summed E-state index contributed by atoms with van der Waals surface area (Å²) in [5.41, 5.74) is 1.24. The molecule has 4 rings (SSSR count). The summed E-state index contributed by atoms with van der Waals surface area (Å²) < 4.78 is 52.5. The average molecular weight is 1060 g/mol. The number of amides is 1. The molecule has 1 aliphatic carbocycles. The maximum atomic E-state index is 14.6. The van der Waals surface area contributed by atoms with E-state index in [1.807, 2.05) is 58.1 Å². The predicted octanol–water partition coefficient (Wildman–Crippen LogP) is 6.88. The van der Waals surface area contributed by atoms with Crippen molar-refractivity contribution in [1.82, 2.24) is 4.90 Å². The molecule has 17 nitrogen and oxygen atoms in total. The van der Waals surface area contributed by atoms with Gasteiger partial charge in [-0.1, -0.05) is 71.1 Å². The maximum Gasteiger partial charge on any atom is 0.329 e. The molecule has 1 saturated carbocycles. The Bertz CT molecular complexity index is 1930. The number of rotatable bonds is 16. The smallest absolute Gasteiger partial charge is 0.329 e. The Morgan fingerprint density at radius 1 is 0.773 bits per heavy atom. The molecular formula is C58H93NO16. The molecule has 1 amide bonds. The molecule has 0 aromatic heterocycles.